The topological polar surface area (TPSA) is 23.8 Å². The van der Waals surface area contributed by atoms with Crippen LogP contribution in [0.4, 0.5) is 8.78 Å². The van der Waals surface area contributed by atoms with E-state index >= 15 is 0 Å². The molecule has 0 saturated heterocycles. The fourth-order valence-electron chi connectivity index (χ4n) is 2.44. The Balaban J connectivity index is 1.95. The molecule has 1 aliphatic rings. The van der Waals surface area contributed by atoms with Gasteiger partial charge in [0.15, 0.2) is 0 Å². The molecule has 4 heteroatoms. The number of aryl methyl sites for hydroxylation is 1. The van der Waals surface area contributed by atoms with Crippen LogP contribution in [-0.2, 0) is 0 Å². The summed E-state index contributed by atoms with van der Waals surface area (Å²) in [4.78, 5) is -0.285. The van der Waals surface area contributed by atoms with E-state index in [9.17, 15) is 8.78 Å². The molecule has 114 valence electrons. The van der Waals surface area contributed by atoms with Crippen LogP contribution in [0.2, 0.25) is 0 Å². The average Bonchev–Trinajstić information content (AvgIpc) is 3.34. The quantitative estimate of drug-likeness (QED) is 0.434. The van der Waals surface area contributed by atoms with E-state index in [0.29, 0.717) is 17.7 Å². The molecule has 2 aromatic carbocycles. The van der Waals surface area contributed by atoms with Crippen molar-refractivity contribution in [3.8, 4) is 17.2 Å². The van der Waals surface area contributed by atoms with E-state index in [0.717, 1.165) is 5.56 Å². The molecular formula is C19H13F2NS. The Labute approximate surface area is 138 Å². The smallest absolute Gasteiger partial charge is 0.142 e. The van der Waals surface area contributed by atoms with Crippen molar-refractivity contribution < 1.29 is 8.78 Å². The molecule has 3 rings (SSSR count). The molecule has 1 aliphatic carbocycles. The van der Waals surface area contributed by atoms with E-state index in [-0.39, 0.29) is 10.5 Å². The molecule has 1 fully saturated rings. The van der Waals surface area contributed by atoms with Gasteiger partial charge in [0.25, 0.3) is 0 Å². The summed E-state index contributed by atoms with van der Waals surface area (Å²) < 4.78 is 27.6. The number of thiocyanates is 1. The van der Waals surface area contributed by atoms with Crippen molar-refractivity contribution >= 4 is 11.8 Å². The normalized spacial score (nSPS) is 13.1. The van der Waals surface area contributed by atoms with Crippen molar-refractivity contribution in [2.24, 2.45) is 0 Å². The molecule has 23 heavy (non-hydrogen) atoms. The lowest BCUT2D eigenvalue weighted by Crippen LogP contribution is -1.91. The summed E-state index contributed by atoms with van der Waals surface area (Å²) in [6, 6.07) is 8.42. The van der Waals surface area contributed by atoms with Crippen molar-refractivity contribution in [3.63, 3.8) is 0 Å². The highest BCUT2D eigenvalue weighted by Gasteiger charge is 2.25. The summed E-state index contributed by atoms with van der Waals surface area (Å²) >= 11 is 0.475. The van der Waals surface area contributed by atoms with E-state index in [1.807, 2.05) is 19.1 Å². The number of nitriles is 1. The van der Waals surface area contributed by atoms with Gasteiger partial charge in [-0.2, -0.15) is 5.26 Å². The summed E-state index contributed by atoms with van der Waals surface area (Å²) in [7, 11) is 0. The van der Waals surface area contributed by atoms with E-state index in [1.165, 1.54) is 36.1 Å². The zero-order valence-electron chi connectivity index (χ0n) is 12.5. The number of rotatable bonds is 2. The molecule has 0 spiro atoms. The monoisotopic (exact) mass is 325 g/mol. The van der Waals surface area contributed by atoms with Gasteiger partial charge in [-0.15, -0.1) is 0 Å². The molecule has 2 aromatic rings. The molecular weight excluding hydrogens is 312 g/mol. The van der Waals surface area contributed by atoms with Crippen LogP contribution in [0.25, 0.3) is 0 Å². The van der Waals surface area contributed by atoms with Crippen molar-refractivity contribution in [1.29, 1.82) is 5.26 Å². The molecule has 0 atom stereocenters. The zero-order valence-corrected chi connectivity index (χ0v) is 13.3. The number of halogens is 2. The fourth-order valence-corrected chi connectivity index (χ4v) is 2.85. The third-order valence-corrected chi connectivity index (χ3v) is 4.40. The van der Waals surface area contributed by atoms with Gasteiger partial charge in [-0.1, -0.05) is 29.5 Å². The SMILES string of the molecule is Cc1ccc(C#Cc2cc(F)c(SC#N)c(F)c2)c(C2CC2)c1. The van der Waals surface area contributed by atoms with E-state index in [1.54, 1.807) is 5.40 Å². The van der Waals surface area contributed by atoms with Gasteiger partial charge in [0, 0.05) is 11.1 Å². The molecule has 0 bridgehead atoms. The molecule has 0 aromatic heterocycles. The van der Waals surface area contributed by atoms with Gasteiger partial charge in [-0.3, -0.25) is 0 Å². The van der Waals surface area contributed by atoms with Crippen LogP contribution < -0.4 is 0 Å². The lowest BCUT2D eigenvalue weighted by molar-refractivity contribution is 0.540. The van der Waals surface area contributed by atoms with Crippen LogP contribution in [0, 0.1) is 41.1 Å². The lowest BCUT2D eigenvalue weighted by Gasteiger charge is -2.04. The van der Waals surface area contributed by atoms with Gasteiger partial charge in [-0.25, -0.2) is 8.78 Å². The highest BCUT2D eigenvalue weighted by Crippen LogP contribution is 2.41. The highest BCUT2D eigenvalue weighted by atomic mass is 32.2. The first-order valence-electron chi connectivity index (χ1n) is 7.26. The Bertz CT molecular complexity index is 844. The Hall–Kier alpha value is -2.30. The van der Waals surface area contributed by atoms with Crippen molar-refractivity contribution in [2.45, 2.75) is 30.6 Å². The van der Waals surface area contributed by atoms with Crippen molar-refractivity contribution in [1.82, 2.24) is 0 Å². The maximum Gasteiger partial charge on any atom is 0.142 e. The number of thioether (sulfide) groups is 1. The van der Waals surface area contributed by atoms with Gasteiger partial charge in [0.05, 0.1) is 4.90 Å². The summed E-state index contributed by atoms with van der Waals surface area (Å²) in [6.07, 6.45) is 2.34. The Morgan fingerprint density at radius 2 is 1.78 bits per heavy atom. The van der Waals surface area contributed by atoms with Crippen LogP contribution in [0.3, 0.4) is 0 Å². The van der Waals surface area contributed by atoms with Gasteiger partial charge in [0.2, 0.25) is 0 Å². The second-order valence-corrected chi connectivity index (χ2v) is 6.37. The maximum absolute atomic E-state index is 13.8. The maximum atomic E-state index is 13.8. The molecule has 0 unspecified atom stereocenters. The first-order valence-corrected chi connectivity index (χ1v) is 8.07. The van der Waals surface area contributed by atoms with Crippen LogP contribution in [0.5, 0.6) is 0 Å². The first kappa shape index (κ1) is 15.6. The summed E-state index contributed by atoms with van der Waals surface area (Å²) in [5.74, 6) is 4.90. The van der Waals surface area contributed by atoms with Crippen LogP contribution in [-0.4, -0.2) is 0 Å². The Morgan fingerprint density at radius 1 is 1.09 bits per heavy atom. The number of hydrogen-bond acceptors (Lipinski definition) is 2. The van der Waals surface area contributed by atoms with E-state index < -0.39 is 11.6 Å². The summed E-state index contributed by atoms with van der Waals surface area (Å²) in [5, 5.41) is 10.2. The van der Waals surface area contributed by atoms with Gasteiger partial charge >= 0.3 is 0 Å². The predicted octanol–water partition coefficient (Wildman–Crippen LogP) is 5.12. The minimum Gasteiger partial charge on any atom is -0.206 e. The van der Waals surface area contributed by atoms with E-state index in [2.05, 4.69) is 17.9 Å². The molecule has 0 radical (unpaired) electrons. The molecule has 0 N–H and O–H groups in total. The number of benzene rings is 2. The van der Waals surface area contributed by atoms with Gasteiger partial charge in [0.1, 0.15) is 17.0 Å². The predicted molar refractivity (Wildman–Crippen MR) is 87.0 cm³/mol. The minimum atomic E-state index is -0.757. The first-order chi connectivity index (χ1) is 11.1. The average molecular weight is 325 g/mol. The Kier molecular flexibility index (Phi) is 4.37. The summed E-state index contributed by atoms with van der Waals surface area (Å²) in [6.45, 7) is 2.04. The van der Waals surface area contributed by atoms with Crippen molar-refractivity contribution in [3.05, 3.63) is 64.2 Å². The lowest BCUT2D eigenvalue weighted by atomic mass is 10.0. The van der Waals surface area contributed by atoms with Gasteiger partial charge in [-0.05, 0) is 61.2 Å². The highest BCUT2D eigenvalue weighted by molar-refractivity contribution is 8.03. The minimum absolute atomic E-state index is 0.268. The molecule has 1 nitrogen and oxygen atoms in total. The second kappa shape index (κ2) is 6.44. The fraction of sp³-hybridized carbons (Fsp3) is 0.211. The molecule has 0 amide bonds. The molecule has 0 aliphatic heterocycles. The number of nitrogens with zero attached hydrogens (tertiary/aromatic N) is 1. The third-order valence-electron chi connectivity index (χ3n) is 3.71. The Morgan fingerprint density at radius 3 is 2.39 bits per heavy atom. The zero-order chi connectivity index (χ0) is 16.4. The van der Waals surface area contributed by atoms with Crippen LogP contribution in [0.15, 0.2) is 35.2 Å². The van der Waals surface area contributed by atoms with Crippen LogP contribution >= 0.6 is 11.8 Å². The number of hydrogen-bond donors (Lipinski definition) is 0. The third kappa shape index (κ3) is 3.55. The standard InChI is InChI=1S/C19H13F2NS/c1-12-2-4-14(16(8-12)15-6-7-15)5-3-13-9-17(20)19(23-11-22)18(21)10-13/h2,4,8-10,15H,6-7H2,1H3. The van der Waals surface area contributed by atoms with E-state index in [4.69, 9.17) is 5.26 Å². The molecule has 1 saturated carbocycles. The molecule has 0 heterocycles. The second-order valence-electron chi connectivity index (χ2n) is 5.58. The summed E-state index contributed by atoms with van der Waals surface area (Å²) in [5.41, 5.74) is 3.58. The van der Waals surface area contributed by atoms with Crippen LogP contribution in [0.1, 0.15) is 41.0 Å². The van der Waals surface area contributed by atoms with Gasteiger partial charge < -0.3 is 0 Å². The van der Waals surface area contributed by atoms with Crippen molar-refractivity contribution in [2.75, 3.05) is 0 Å². The largest absolute Gasteiger partial charge is 0.206 e.